The Hall–Kier alpha value is -1.88. The molecule has 6 heteroatoms. The highest BCUT2D eigenvalue weighted by atomic mass is 35.5. The molecule has 0 amide bonds. The molecule has 0 unspecified atom stereocenters. The van der Waals surface area contributed by atoms with E-state index in [1.165, 1.54) is 13.2 Å². The quantitative estimate of drug-likeness (QED) is 0.839. The summed E-state index contributed by atoms with van der Waals surface area (Å²) in [7, 11) is 1.46. The van der Waals surface area contributed by atoms with Crippen molar-refractivity contribution in [2.45, 2.75) is 0 Å². The smallest absolute Gasteiger partial charge is 0.196 e. The van der Waals surface area contributed by atoms with Gasteiger partial charge in [0.25, 0.3) is 0 Å². The summed E-state index contributed by atoms with van der Waals surface area (Å²) in [6, 6.07) is 6.58. The van der Waals surface area contributed by atoms with Gasteiger partial charge in [-0.3, -0.25) is 0 Å². The number of hydrogen-bond acceptors (Lipinski definition) is 2. The molecule has 1 N–H and O–H groups in total. The second kappa shape index (κ2) is 5.40. The van der Waals surface area contributed by atoms with E-state index in [2.05, 4.69) is 5.32 Å². The Labute approximate surface area is 112 Å². The van der Waals surface area contributed by atoms with E-state index in [-0.39, 0.29) is 5.69 Å². The molecule has 2 aromatic rings. The van der Waals surface area contributed by atoms with E-state index in [1.54, 1.807) is 12.1 Å². The van der Waals surface area contributed by atoms with Gasteiger partial charge in [-0.25, -0.2) is 13.2 Å². The number of anilines is 2. The van der Waals surface area contributed by atoms with Crippen LogP contribution in [0.3, 0.4) is 0 Å². The van der Waals surface area contributed by atoms with Crippen LogP contribution in [-0.2, 0) is 0 Å². The van der Waals surface area contributed by atoms with Crippen molar-refractivity contribution >= 4 is 23.0 Å². The third kappa shape index (κ3) is 2.76. The normalized spacial score (nSPS) is 10.4. The van der Waals surface area contributed by atoms with Gasteiger partial charge in [0.15, 0.2) is 17.5 Å². The minimum Gasteiger partial charge on any atom is -0.495 e. The van der Waals surface area contributed by atoms with Crippen LogP contribution < -0.4 is 10.1 Å². The summed E-state index contributed by atoms with van der Waals surface area (Å²) in [6.07, 6.45) is 0. The van der Waals surface area contributed by atoms with Crippen LogP contribution in [0.5, 0.6) is 5.75 Å². The van der Waals surface area contributed by atoms with E-state index >= 15 is 0 Å². The first-order valence-electron chi connectivity index (χ1n) is 5.27. The molecule has 0 aromatic heterocycles. The molecular weight excluding hydrogens is 279 g/mol. The third-order valence-corrected chi connectivity index (χ3v) is 2.76. The minimum atomic E-state index is -1.52. The van der Waals surface area contributed by atoms with Crippen LogP contribution in [0.2, 0.25) is 5.02 Å². The van der Waals surface area contributed by atoms with Crippen LogP contribution in [0.4, 0.5) is 24.5 Å². The largest absolute Gasteiger partial charge is 0.495 e. The van der Waals surface area contributed by atoms with Gasteiger partial charge >= 0.3 is 0 Å². The van der Waals surface area contributed by atoms with Crippen molar-refractivity contribution in [3.63, 3.8) is 0 Å². The van der Waals surface area contributed by atoms with Gasteiger partial charge in [0.2, 0.25) is 0 Å². The lowest BCUT2D eigenvalue weighted by Gasteiger charge is -2.10. The number of nitrogens with one attached hydrogen (secondary N) is 1. The lowest BCUT2D eigenvalue weighted by molar-refractivity contribution is 0.415. The van der Waals surface area contributed by atoms with Crippen LogP contribution in [0, 0.1) is 17.5 Å². The first kappa shape index (κ1) is 13.5. The van der Waals surface area contributed by atoms with E-state index in [0.717, 1.165) is 12.1 Å². The summed E-state index contributed by atoms with van der Waals surface area (Å²) in [5, 5.41) is 2.93. The number of ether oxygens (including phenoxy) is 1. The fraction of sp³-hybridized carbons (Fsp3) is 0.0769. The molecule has 2 nitrogen and oxygen atoms in total. The fourth-order valence-corrected chi connectivity index (χ4v) is 1.78. The first-order chi connectivity index (χ1) is 9.02. The van der Waals surface area contributed by atoms with Crippen molar-refractivity contribution in [3.8, 4) is 5.75 Å². The number of rotatable bonds is 3. The Balaban J connectivity index is 2.31. The highest BCUT2D eigenvalue weighted by Crippen LogP contribution is 2.30. The van der Waals surface area contributed by atoms with E-state index in [0.29, 0.717) is 16.5 Å². The summed E-state index contributed by atoms with van der Waals surface area (Å²) in [5.74, 6) is -3.59. The average molecular weight is 288 g/mol. The molecule has 100 valence electrons. The molecule has 0 aliphatic heterocycles. The lowest BCUT2D eigenvalue weighted by Crippen LogP contribution is -1.99. The first-order valence-corrected chi connectivity index (χ1v) is 5.64. The van der Waals surface area contributed by atoms with Crippen molar-refractivity contribution in [2.24, 2.45) is 0 Å². The van der Waals surface area contributed by atoms with Crippen LogP contribution in [0.15, 0.2) is 30.3 Å². The number of halogens is 4. The standard InChI is InChI=1S/C13H9ClF3NO/c1-19-11-5-2-7(6-8(11)14)18-10-4-3-9(15)12(16)13(10)17/h2-6,18H,1H3. The molecule has 0 aliphatic carbocycles. The Morgan fingerprint density at radius 3 is 2.42 bits per heavy atom. The van der Waals surface area contributed by atoms with Crippen LogP contribution in [-0.4, -0.2) is 7.11 Å². The summed E-state index contributed by atoms with van der Waals surface area (Å²) < 4.78 is 44.3. The van der Waals surface area contributed by atoms with Crippen molar-refractivity contribution in [2.75, 3.05) is 12.4 Å². The van der Waals surface area contributed by atoms with E-state index < -0.39 is 17.5 Å². The third-order valence-electron chi connectivity index (χ3n) is 2.47. The van der Waals surface area contributed by atoms with Gasteiger partial charge in [0.05, 0.1) is 17.8 Å². The van der Waals surface area contributed by atoms with E-state index in [1.807, 2.05) is 0 Å². The topological polar surface area (TPSA) is 21.3 Å². The Kier molecular flexibility index (Phi) is 3.85. The highest BCUT2D eigenvalue weighted by molar-refractivity contribution is 6.32. The number of benzene rings is 2. The summed E-state index contributed by atoms with van der Waals surface area (Å²) in [4.78, 5) is 0. The molecule has 0 saturated carbocycles. The Morgan fingerprint density at radius 1 is 1.05 bits per heavy atom. The molecule has 2 rings (SSSR count). The van der Waals surface area contributed by atoms with Gasteiger partial charge in [0.1, 0.15) is 5.75 Å². The van der Waals surface area contributed by atoms with Gasteiger partial charge in [-0.2, -0.15) is 0 Å². The monoisotopic (exact) mass is 287 g/mol. The zero-order valence-electron chi connectivity index (χ0n) is 9.81. The molecule has 19 heavy (non-hydrogen) atoms. The van der Waals surface area contributed by atoms with Crippen molar-refractivity contribution < 1.29 is 17.9 Å². The fourth-order valence-electron chi connectivity index (χ4n) is 1.52. The van der Waals surface area contributed by atoms with Crippen molar-refractivity contribution in [1.82, 2.24) is 0 Å². The SMILES string of the molecule is COc1ccc(Nc2ccc(F)c(F)c2F)cc1Cl. The average Bonchev–Trinajstić information content (AvgIpc) is 2.40. The van der Waals surface area contributed by atoms with Gasteiger partial charge in [0, 0.05) is 5.69 Å². The molecule has 0 atom stereocenters. The van der Waals surface area contributed by atoms with Gasteiger partial charge in [-0.05, 0) is 30.3 Å². The van der Waals surface area contributed by atoms with E-state index in [4.69, 9.17) is 16.3 Å². The van der Waals surface area contributed by atoms with Crippen molar-refractivity contribution in [1.29, 1.82) is 0 Å². The van der Waals surface area contributed by atoms with Crippen LogP contribution >= 0.6 is 11.6 Å². The Bertz CT molecular complexity index is 619. The predicted octanol–water partition coefficient (Wildman–Crippen LogP) is 4.51. The Morgan fingerprint density at radius 2 is 1.79 bits per heavy atom. The second-order valence-corrected chi connectivity index (χ2v) is 4.10. The van der Waals surface area contributed by atoms with Gasteiger partial charge in [-0.15, -0.1) is 0 Å². The molecule has 0 spiro atoms. The molecule has 0 fully saturated rings. The van der Waals surface area contributed by atoms with Crippen molar-refractivity contribution in [3.05, 3.63) is 52.8 Å². The number of methoxy groups -OCH3 is 1. The van der Waals surface area contributed by atoms with E-state index in [9.17, 15) is 13.2 Å². The van der Waals surface area contributed by atoms with Crippen LogP contribution in [0.25, 0.3) is 0 Å². The zero-order valence-corrected chi connectivity index (χ0v) is 10.6. The predicted molar refractivity (Wildman–Crippen MR) is 67.6 cm³/mol. The molecular formula is C13H9ClF3NO. The summed E-state index contributed by atoms with van der Waals surface area (Å²) in [6.45, 7) is 0. The molecule has 0 heterocycles. The van der Waals surface area contributed by atoms with Gasteiger partial charge in [-0.1, -0.05) is 11.6 Å². The summed E-state index contributed by atoms with van der Waals surface area (Å²) in [5.41, 5.74) is 0.246. The zero-order chi connectivity index (χ0) is 14.0. The highest BCUT2D eigenvalue weighted by Gasteiger charge is 2.13. The maximum absolute atomic E-state index is 13.5. The molecule has 0 radical (unpaired) electrons. The number of hydrogen-bond donors (Lipinski definition) is 1. The molecule has 0 saturated heterocycles. The summed E-state index contributed by atoms with van der Waals surface area (Å²) >= 11 is 5.90. The lowest BCUT2D eigenvalue weighted by atomic mass is 10.2. The van der Waals surface area contributed by atoms with Crippen LogP contribution in [0.1, 0.15) is 0 Å². The minimum absolute atomic E-state index is 0.180. The maximum atomic E-state index is 13.5. The maximum Gasteiger partial charge on any atom is 0.196 e. The second-order valence-electron chi connectivity index (χ2n) is 3.70. The van der Waals surface area contributed by atoms with Gasteiger partial charge < -0.3 is 10.1 Å². The molecule has 0 bridgehead atoms. The molecule has 0 aliphatic rings. The molecule has 2 aromatic carbocycles.